The number of phenolic OH excluding ortho intramolecular Hbond substituents is 1. The Kier molecular flexibility index (Phi) is 5.04. The average molecular weight is 336 g/mol. The second-order valence-electron chi connectivity index (χ2n) is 4.66. The van der Waals surface area contributed by atoms with Crippen LogP contribution in [0.1, 0.15) is 17.0 Å². The highest BCUT2D eigenvalue weighted by molar-refractivity contribution is 9.10. The number of methoxy groups -OCH3 is 1. The minimum atomic E-state index is 0.183. The minimum absolute atomic E-state index is 0.183. The van der Waals surface area contributed by atoms with Gasteiger partial charge in [0.1, 0.15) is 11.5 Å². The Bertz CT molecular complexity index is 586. The summed E-state index contributed by atoms with van der Waals surface area (Å²) in [7, 11) is 1.67. The van der Waals surface area contributed by atoms with E-state index in [-0.39, 0.29) is 11.7 Å². The molecule has 0 amide bonds. The largest absolute Gasteiger partial charge is 0.507 e. The second kappa shape index (κ2) is 6.77. The van der Waals surface area contributed by atoms with E-state index < -0.39 is 0 Å². The lowest BCUT2D eigenvalue weighted by Gasteiger charge is -2.18. The summed E-state index contributed by atoms with van der Waals surface area (Å²) in [5, 5.41) is 9.54. The van der Waals surface area contributed by atoms with E-state index in [1.807, 2.05) is 36.4 Å². The van der Waals surface area contributed by atoms with Crippen LogP contribution in [-0.4, -0.2) is 18.8 Å². The number of ether oxygens (including phenoxy) is 1. The van der Waals surface area contributed by atoms with Crippen molar-refractivity contribution >= 4 is 15.9 Å². The van der Waals surface area contributed by atoms with Gasteiger partial charge >= 0.3 is 0 Å². The molecule has 0 bridgehead atoms. The first kappa shape index (κ1) is 14.9. The Balaban J connectivity index is 2.26. The standard InChI is InChI=1S/C16H18BrNO2/c1-20-16-5-3-2-4-13(16)12(10-18)8-11-6-7-15(19)14(17)9-11/h2-7,9,12,19H,8,10,18H2,1H3. The van der Waals surface area contributed by atoms with E-state index >= 15 is 0 Å². The molecule has 3 N–H and O–H groups in total. The van der Waals surface area contributed by atoms with Gasteiger partial charge in [-0.1, -0.05) is 24.3 Å². The molecule has 0 spiro atoms. The quantitative estimate of drug-likeness (QED) is 0.879. The number of hydrogen-bond acceptors (Lipinski definition) is 3. The number of hydrogen-bond donors (Lipinski definition) is 2. The molecule has 4 heteroatoms. The summed E-state index contributed by atoms with van der Waals surface area (Å²) in [4.78, 5) is 0. The molecule has 0 aliphatic rings. The van der Waals surface area contributed by atoms with Crippen LogP contribution in [0.2, 0.25) is 0 Å². The van der Waals surface area contributed by atoms with E-state index in [4.69, 9.17) is 10.5 Å². The van der Waals surface area contributed by atoms with Crippen molar-refractivity contribution in [3.05, 3.63) is 58.1 Å². The first-order chi connectivity index (χ1) is 9.65. The highest BCUT2D eigenvalue weighted by Crippen LogP contribution is 2.31. The number of rotatable bonds is 5. The van der Waals surface area contributed by atoms with Crippen LogP contribution in [0.15, 0.2) is 46.9 Å². The molecule has 0 saturated heterocycles. The van der Waals surface area contributed by atoms with Crippen molar-refractivity contribution in [3.8, 4) is 11.5 Å². The summed E-state index contributed by atoms with van der Waals surface area (Å²) in [6, 6.07) is 13.5. The molecule has 1 unspecified atom stereocenters. The summed E-state index contributed by atoms with van der Waals surface area (Å²) in [5.74, 6) is 1.29. The van der Waals surface area contributed by atoms with Crippen LogP contribution < -0.4 is 10.5 Å². The van der Waals surface area contributed by atoms with Crippen molar-refractivity contribution in [1.29, 1.82) is 0 Å². The zero-order valence-electron chi connectivity index (χ0n) is 11.3. The first-order valence-electron chi connectivity index (χ1n) is 6.46. The van der Waals surface area contributed by atoms with Crippen molar-refractivity contribution in [2.24, 2.45) is 5.73 Å². The summed E-state index contributed by atoms with van der Waals surface area (Å²) >= 11 is 3.34. The van der Waals surface area contributed by atoms with Crippen molar-refractivity contribution in [2.45, 2.75) is 12.3 Å². The van der Waals surface area contributed by atoms with E-state index in [9.17, 15) is 5.11 Å². The fraction of sp³-hybridized carbons (Fsp3) is 0.250. The van der Waals surface area contributed by atoms with Crippen LogP contribution >= 0.6 is 15.9 Å². The fourth-order valence-corrected chi connectivity index (χ4v) is 2.71. The van der Waals surface area contributed by atoms with Crippen LogP contribution in [0.25, 0.3) is 0 Å². The van der Waals surface area contributed by atoms with Crippen LogP contribution in [0.4, 0.5) is 0 Å². The third-order valence-corrected chi connectivity index (χ3v) is 3.99. The van der Waals surface area contributed by atoms with Gasteiger partial charge in [0, 0.05) is 5.92 Å². The molecule has 1 atom stereocenters. The van der Waals surface area contributed by atoms with Gasteiger partial charge in [0.15, 0.2) is 0 Å². The minimum Gasteiger partial charge on any atom is -0.507 e. The third kappa shape index (κ3) is 3.32. The topological polar surface area (TPSA) is 55.5 Å². The van der Waals surface area contributed by atoms with Gasteiger partial charge in [0.25, 0.3) is 0 Å². The van der Waals surface area contributed by atoms with E-state index in [2.05, 4.69) is 15.9 Å². The molecule has 106 valence electrons. The van der Waals surface area contributed by atoms with Gasteiger partial charge in [-0.15, -0.1) is 0 Å². The lowest BCUT2D eigenvalue weighted by molar-refractivity contribution is 0.405. The molecule has 0 heterocycles. The van der Waals surface area contributed by atoms with Gasteiger partial charge in [-0.2, -0.15) is 0 Å². The molecule has 2 rings (SSSR count). The summed E-state index contributed by atoms with van der Waals surface area (Å²) in [5.41, 5.74) is 8.16. The molecular formula is C16H18BrNO2. The zero-order chi connectivity index (χ0) is 14.5. The Labute approximate surface area is 127 Å². The lowest BCUT2D eigenvalue weighted by atomic mass is 9.91. The SMILES string of the molecule is COc1ccccc1C(CN)Cc1ccc(O)c(Br)c1. The van der Waals surface area contributed by atoms with Crippen molar-refractivity contribution in [1.82, 2.24) is 0 Å². The fourth-order valence-electron chi connectivity index (χ4n) is 2.29. The highest BCUT2D eigenvalue weighted by atomic mass is 79.9. The van der Waals surface area contributed by atoms with Crippen molar-refractivity contribution in [3.63, 3.8) is 0 Å². The van der Waals surface area contributed by atoms with Gasteiger partial charge in [0.05, 0.1) is 11.6 Å². The molecule has 0 aliphatic carbocycles. The van der Waals surface area contributed by atoms with Crippen LogP contribution in [0, 0.1) is 0 Å². The number of para-hydroxylation sites is 1. The molecule has 2 aromatic rings. The maximum Gasteiger partial charge on any atom is 0.129 e. The monoisotopic (exact) mass is 335 g/mol. The number of nitrogens with two attached hydrogens (primary N) is 1. The van der Waals surface area contributed by atoms with Crippen molar-refractivity contribution in [2.75, 3.05) is 13.7 Å². The molecule has 20 heavy (non-hydrogen) atoms. The average Bonchev–Trinajstić information content (AvgIpc) is 2.48. The van der Waals surface area contributed by atoms with Gasteiger partial charge in [-0.25, -0.2) is 0 Å². The van der Waals surface area contributed by atoms with Crippen molar-refractivity contribution < 1.29 is 9.84 Å². The predicted octanol–water partition coefficient (Wildman–Crippen LogP) is 3.45. The van der Waals surface area contributed by atoms with Crippen LogP contribution in [0.3, 0.4) is 0 Å². The highest BCUT2D eigenvalue weighted by Gasteiger charge is 2.15. The predicted molar refractivity (Wildman–Crippen MR) is 84.3 cm³/mol. The Morgan fingerprint density at radius 2 is 2.00 bits per heavy atom. The maximum absolute atomic E-state index is 9.54. The summed E-state index contributed by atoms with van der Waals surface area (Å²) in [6.07, 6.45) is 0.801. The van der Waals surface area contributed by atoms with Crippen LogP contribution in [-0.2, 0) is 6.42 Å². The maximum atomic E-state index is 9.54. The number of aromatic hydroxyl groups is 1. The molecule has 0 radical (unpaired) electrons. The second-order valence-corrected chi connectivity index (χ2v) is 5.52. The summed E-state index contributed by atoms with van der Waals surface area (Å²) in [6.45, 7) is 0.541. The van der Waals surface area contributed by atoms with Gasteiger partial charge in [-0.05, 0) is 58.2 Å². The molecule has 0 aromatic heterocycles. The molecule has 0 saturated carbocycles. The lowest BCUT2D eigenvalue weighted by Crippen LogP contribution is -2.16. The van der Waals surface area contributed by atoms with Crippen LogP contribution in [0.5, 0.6) is 11.5 Å². The molecule has 2 aromatic carbocycles. The molecular weight excluding hydrogens is 318 g/mol. The molecule has 0 fully saturated rings. The van der Waals surface area contributed by atoms with Gasteiger partial charge < -0.3 is 15.6 Å². The van der Waals surface area contributed by atoms with Gasteiger partial charge in [0.2, 0.25) is 0 Å². The normalized spacial score (nSPS) is 12.2. The van der Waals surface area contributed by atoms with E-state index in [0.29, 0.717) is 11.0 Å². The third-order valence-electron chi connectivity index (χ3n) is 3.36. The number of phenols is 1. The Hall–Kier alpha value is -1.52. The van der Waals surface area contributed by atoms with E-state index in [0.717, 1.165) is 23.3 Å². The Morgan fingerprint density at radius 3 is 2.65 bits per heavy atom. The molecule has 0 aliphatic heterocycles. The number of halogens is 1. The summed E-state index contributed by atoms with van der Waals surface area (Å²) < 4.78 is 6.10. The van der Waals surface area contributed by atoms with E-state index in [1.54, 1.807) is 13.2 Å². The smallest absolute Gasteiger partial charge is 0.129 e. The van der Waals surface area contributed by atoms with Gasteiger partial charge in [-0.3, -0.25) is 0 Å². The zero-order valence-corrected chi connectivity index (χ0v) is 12.9. The first-order valence-corrected chi connectivity index (χ1v) is 7.25. The Morgan fingerprint density at radius 1 is 1.25 bits per heavy atom. The number of benzene rings is 2. The van der Waals surface area contributed by atoms with E-state index in [1.165, 1.54) is 0 Å². The molecule has 3 nitrogen and oxygen atoms in total.